The van der Waals surface area contributed by atoms with Gasteiger partial charge >= 0.3 is 0 Å². The molecule has 0 radical (unpaired) electrons. The molecule has 1 aromatic carbocycles. The Morgan fingerprint density at radius 3 is 2.78 bits per heavy atom. The van der Waals surface area contributed by atoms with E-state index >= 15 is 0 Å². The summed E-state index contributed by atoms with van der Waals surface area (Å²) in [6.45, 7) is 0.646. The Kier molecular flexibility index (Phi) is 3.79. The Hall–Kier alpha value is -1.25. The Morgan fingerprint density at radius 2 is 2.17 bits per heavy atom. The van der Waals surface area contributed by atoms with Crippen LogP contribution in [0.2, 0.25) is 0 Å². The lowest BCUT2D eigenvalue weighted by atomic mass is 10.1. The number of ketones is 1. The van der Waals surface area contributed by atoms with Crippen molar-refractivity contribution in [2.45, 2.75) is 12.8 Å². The van der Waals surface area contributed by atoms with Gasteiger partial charge in [-0.2, -0.15) is 0 Å². The largest absolute Gasteiger partial charge is 0.359 e. The molecule has 0 aliphatic carbocycles. The van der Waals surface area contributed by atoms with E-state index in [0.717, 1.165) is 6.07 Å². The summed E-state index contributed by atoms with van der Waals surface area (Å²) in [5.41, 5.74) is 0.0291. The minimum Gasteiger partial charge on any atom is -0.359 e. The highest BCUT2D eigenvalue weighted by Gasteiger charge is 2.25. The first-order valence-corrected chi connectivity index (χ1v) is 6.47. The zero-order chi connectivity index (χ0) is 13.3. The van der Waals surface area contributed by atoms with Crippen LogP contribution in [0.1, 0.15) is 12.8 Å². The number of anilines is 1. The van der Waals surface area contributed by atoms with Gasteiger partial charge in [0.2, 0.25) is 0 Å². The second kappa shape index (κ2) is 5.17. The predicted molar refractivity (Wildman–Crippen MR) is 72.2 cm³/mol. The van der Waals surface area contributed by atoms with E-state index < -0.39 is 10.7 Å². The van der Waals surface area contributed by atoms with Crippen LogP contribution in [-0.4, -0.2) is 23.8 Å². The number of rotatable bonds is 2. The number of hydrogen-bond donors (Lipinski definition) is 0. The zero-order valence-electron chi connectivity index (χ0n) is 9.36. The van der Waals surface area contributed by atoms with Crippen molar-refractivity contribution >= 4 is 39.7 Å². The van der Waals surface area contributed by atoms with Crippen LogP contribution in [0.5, 0.6) is 0 Å². The van der Waals surface area contributed by atoms with Crippen molar-refractivity contribution in [3.63, 3.8) is 0 Å². The summed E-state index contributed by atoms with van der Waals surface area (Å²) in [7, 11) is 0. The second-order valence-electron chi connectivity index (χ2n) is 4.08. The van der Waals surface area contributed by atoms with Crippen LogP contribution in [0.15, 0.2) is 12.1 Å². The maximum atomic E-state index is 13.5. The van der Waals surface area contributed by atoms with Gasteiger partial charge in [0.15, 0.2) is 5.78 Å². The van der Waals surface area contributed by atoms with Crippen LogP contribution in [0, 0.1) is 19.5 Å². The maximum Gasteiger partial charge on any atom is 0.293 e. The number of hydrogen-bond acceptors (Lipinski definition) is 4. The van der Waals surface area contributed by atoms with E-state index in [1.54, 1.807) is 27.5 Å². The number of nitro benzene ring substituents is 1. The molecule has 0 amide bonds. The predicted octanol–water partition coefficient (Wildman–Crippen LogP) is 2.51. The Bertz CT molecular complexity index is 521. The minimum absolute atomic E-state index is 0.0227. The molecule has 1 aliphatic rings. The van der Waals surface area contributed by atoms with Crippen molar-refractivity contribution in [3.05, 3.63) is 31.6 Å². The van der Waals surface area contributed by atoms with Gasteiger partial charge in [-0.05, 0) is 29.0 Å². The first-order valence-electron chi connectivity index (χ1n) is 5.39. The number of halogens is 2. The third kappa shape index (κ3) is 2.60. The number of nitrogens with zero attached hydrogens (tertiary/aromatic N) is 2. The summed E-state index contributed by atoms with van der Waals surface area (Å²) >= 11 is 1.71. The molecule has 0 bridgehead atoms. The van der Waals surface area contributed by atoms with Gasteiger partial charge in [-0.25, -0.2) is 4.39 Å². The van der Waals surface area contributed by atoms with Crippen molar-refractivity contribution in [3.8, 4) is 0 Å². The minimum atomic E-state index is -0.546. The van der Waals surface area contributed by atoms with E-state index in [2.05, 4.69) is 0 Å². The van der Waals surface area contributed by atoms with Gasteiger partial charge in [-0.15, -0.1) is 0 Å². The quantitative estimate of drug-likeness (QED) is 0.460. The number of carbonyl (C=O) groups excluding carboxylic acids is 1. The van der Waals surface area contributed by atoms with Crippen molar-refractivity contribution in [1.29, 1.82) is 0 Å². The van der Waals surface area contributed by atoms with Gasteiger partial charge in [-0.3, -0.25) is 14.9 Å². The molecule has 0 spiro atoms. The highest BCUT2D eigenvalue weighted by atomic mass is 127. The third-order valence-corrected chi connectivity index (χ3v) is 3.63. The topological polar surface area (TPSA) is 63.5 Å². The summed E-state index contributed by atoms with van der Waals surface area (Å²) in [5, 5.41) is 11.0. The second-order valence-corrected chi connectivity index (χ2v) is 5.24. The maximum absolute atomic E-state index is 13.5. The average molecular weight is 364 g/mol. The summed E-state index contributed by atoms with van der Waals surface area (Å²) in [6, 6.07) is 2.34. The number of nitro groups is 1. The first kappa shape index (κ1) is 13.2. The highest BCUT2D eigenvalue weighted by molar-refractivity contribution is 14.1. The van der Waals surface area contributed by atoms with Crippen LogP contribution < -0.4 is 4.90 Å². The van der Waals surface area contributed by atoms with Gasteiger partial charge in [-0.1, -0.05) is 0 Å². The number of piperidine rings is 1. The van der Waals surface area contributed by atoms with Gasteiger partial charge < -0.3 is 4.90 Å². The molecule has 1 fully saturated rings. The lowest BCUT2D eigenvalue weighted by Gasteiger charge is -2.27. The van der Waals surface area contributed by atoms with Crippen molar-refractivity contribution in [1.82, 2.24) is 0 Å². The van der Waals surface area contributed by atoms with E-state index in [1.165, 1.54) is 6.07 Å². The Labute approximate surface area is 116 Å². The van der Waals surface area contributed by atoms with Crippen LogP contribution in [-0.2, 0) is 4.79 Å². The molecule has 0 saturated carbocycles. The van der Waals surface area contributed by atoms with E-state index in [0.29, 0.717) is 19.4 Å². The lowest BCUT2D eigenvalue weighted by molar-refractivity contribution is -0.384. The molecule has 2 rings (SSSR count). The van der Waals surface area contributed by atoms with E-state index in [9.17, 15) is 19.3 Å². The molecule has 0 atom stereocenters. The van der Waals surface area contributed by atoms with Crippen LogP contribution in [0.4, 0.5) is 15.8 Å². The molecule has 0 aromatic heterocycles. The standard InChI is InChI=1S/C11H10FIN2O3/c12-8-4-10(11(15(17)18)5-9(8)13)14-3-1-2-7(16)6-14/h4-5H,1-3,6H2. The third-order valence-electron chi connectivity index (χ3n) is 2.81. The molecule has 18 heavy (non-hydrogen) atoms. The van der Waals surface area contributed by atoms with Crippen LogP contribution in [0.25, 0.3) is 0 Å². The van der Waals surface area contributed by atoms with E-state index in [1.807, 2.05) is 0 Å². The monoisotopic (exact) mass is 364 g/mol. The van der Waals surface area contributed by atoms with Gasteiger partial charge in [0, 0.05) is 25.1 Å². The molecule has 0 N–H and O–H groups in total. The fourth-order valence-electron chi connectivity index (χ4n) is 1.97. The normalized spacial score (nSPS) is 15.9. The summed E-state index contributed by atoms with van der Waals surface area (Å²) < 4.78 is 13.7. The van der Waals surface area contributed by atoms with Crippen molar-refractivity contribution < 1.29 is 14.1 Å². The lowest BCUT2D eigenvalue weighted by Crippen LogP contribution is -2.36. The zero-order valence-corrected chi connectivity index (χ0v) is 11.5. The molecular weight excluding hydrogens is 354 g/mol. The van der Waals surface area contributed by atoms with E-state index in [4.69, 9.17) is 0 Å². The molecule has 7 heteroatoms. The Balaban J connectivity index is 2.44. The molecule has 96 valence electrons. The van der Waals surface area contributed by atoms with Crippen LogP contribution >= 0.6 is 22.6 Å². The fraction of sp³-hybridized carbons (Fsp3) is 0.364. The van der Waals surface area contributed by atoms with E-state index in [-0.39, 0.29) is 27.3 Å². The fourth-order valence-corrected chi connectivity index (χ4v) is 2.42. The van der Waals surface area contributed by atoms with Gasteiger partial charge in [0.05, 0.1) is 15.0 Å². The van der Waals surface area contributed by atoms with Crippen molar-refractivity contribution in [2.75, 3.05) is 18.0 Å². The van der Waals surface area contributed by atoms with Crippen LogP contribution in [0.3, 0.4) is 0 Å². The number of Topliss-reactive ketones (excluding diaryl/α,β-unsaturated/α-hetero) is 1. The molecule has 1 aromatic rings. The molecule has 0 unspecified atom stereocenters. The smallest absolute Gasteiger partial charge is 0.293 e. The molecule has 1 aliphatic heterocycles. The molecule has 1 heterocycles. The highest BCUT2D eigenvalue weighted by Crippen LogP contribution is 2.32. The Morgan fingerprint density at radius 1 is 1.44 bits per heavy atom. The molecular formula is C11H10FIN2O3. The summed E-state index contributed by atoms with van der Waals surface area (Å²) in [5.74, 6) is -0.483. The van der Waals surface area contributed by atoms with Gasteiger partial charge in [0.25, 0.3) is 5.69 Å². The summed E-state index contributed by atoms with van der Waals surface area (Å²) in [6.07, 6.45) is 1.13. The number of benzene rings is 1. The van der Waals surface area contributed by atoms with Crippen molar-refractivity contribution in [2.24, 2.45) is 0 Å². The van der Waals surface area contributed by atoms with Gasteiger partial charge in [0.1, 0.15) is 11.5 Å². The average Bonchev–Trinajstić information content (AvgIpc) is 2.31. The first-order chi connectivity index (χ1) is 8.49. The SMILES string of the molecule is O=C1CCCN(c2cc(F)c(I)cc2[N+](=O)[O-])C1. The number of carbonyl (C=O) groups is 1. The summed E-state index contributed by atoms with van der Waals surface area (Å²) in [4.78, 5) is 23.4. The molecule has 5 nitrogen and oxygen atoms in total. The molecule has 1 saturated heterocycles.